The van der Waals surface area contributed by atoms with Gasteiger partial charge in [0.25, 0.3) is 5.24 Å². The molecule has 0 bridgehead atoms. The Kier molecular flexibility index (Phi) is 7.81. The van der Waals surface area contributed by atoms with Crippen LogP contribution in [-0.4, -0.2) is 34.9 Å². The van der Waals surface area contributed by atoms with Crippen LogP contribution in [0.4, 0.5) is 4.79 Å². The van der Waals surface area contributed by atoms with Crippen LogP contribution in [0, 0.1) is 0 Å². The molecule has 0 aliphatic heterocycles. The molecule has 0 spiro atoms. The molecule has 0 radical (unpaired) electrons. The molecule has 0 unspecified atom stereocenters. The number of thioether (sulfide) groups is 1. The Balaban J connectivity index is 3.54. The molecular weight excluding hydrogens is 194 g/mol. The molecule has 0 fully saturated rings. The molecule has 2 nitrogen and oxygen atoms in total. The van der Waals surface area contributed by atoms with Gasteiger partial charge in [-0.15, -0.1) is 11.6 Å². The maximum Gasteiger partial charge on any atom is 0.281 e. The predicted octanol–water partition coefficient (Wildman–Crippen LogP) is 2.81. The summed E-state index contributed by atoms with van der Waals surface area (Å²) in [4.78, 5) is 13.1. The summed E-state index contributed by atoms with van der Waals surface area (Å²) in [5.74, 6) is 1.47. The quantitative estimate of drug-likeness (QED) is 0.513. The van der Waals surface area contributed by atoms with Crippen LogP contribution in [0.5, 0.6) is 0 Å². The van der Waals surface area contributed by atoms with Crippen LogP contribution < -0.4 is 0 Å². The Morgan fingerprint density at radius 1 is 1.42 bits per heavy atom. The number of alkyl halides is 1. The monoisotopic (exact) mass is 209 g/mol. The van der Waals surface area contributed by atoms with Gasteiger partial charge < -0.3 is 4.90 Å². The van der Waals surface area contributed by atoms with Gasteiger partial charge in [0.15, 0.2) is 0 Å². The summed E-state index contributed by atoms with van der Waals surface area (Å²) in [5.41, 5.74) is 0. The van der Waals surface area contributed by atoms with Gasteiger partial charge in [0.2, 0.25) is 0 Å². The van der Waals surface area contributed by atoms with Gasteiger partial charge in [-0.1, -0.05) is 11.8 Å². The normalized spacial score (nSPS) is 9.92. The van der Waals surface area contributed by atoms with E-state index in [0.717, 1.165) is 25.3 Å². The van der Waals surface area contributed by atoms with Gasteiger partial charge >= 0.3 is 0 Å². The van der Waals surface area contributed by atoms with E-state index < -0.39 is 0 Å². The molecule has 0 aromatic heterocycles. The van der Waals surface area contributed by atoms with E-state index in [-0.39, 0.29) is 5.24 Å². The zero-order valence-corrected chi connectivity index (χ0v) is 9.25. The largest absolute Gasteiger partial charge is 0.334 e. The molecule has 4 heteroatoms. The van der Waals surface area contributed by atoms with E-state index in [1.54, 1.807) is 0 Å². The number of halogens is 1. The van der Waals surface area contributed by atoms with Crippen LogP contribution in [0.25, 0.3) is 0 Å². The maximum absolute atomic E-state index is 11.3. The van der Waals surface area contributed by atoms with Gasteiger partial charge in [0.1, 0.15) is 0 Å². The van der Waals surface area contributed by atoms with Gasteiger partial charge in [-0.3, -0.25) is 4.79 Å². The molecule has 0 N–H and O–H groups in total. The fourth-order valence-corrected chi connectivity index (χ4v) is 1.98. The number of rotatable bonds is 5. The first kappa shape index (κ1) is 12.1. The summed E-state index contributed by atoms with van der Waals surface area (Å²) >= 11 is 6.85. The Labute approximate surface area is 83.6 Å². The van der Waals surface area contributed by atoms with E-state index in [0.29, 0.717) is 5.88 Å². The second-order valence-electron chi connectivity index (χ2n) is 2.33. The lowest BCUT2D eigenvalue weighted by Gasteiger charge is -2.17. The van der Waals surface area contributed by atoms with Crippen molar-refractivity contribution in [3.8, 4) is 0 Å². The van der Waals surface area contributed by atoms with Crippen LogP contribution in [0.2, 0.25) is 0 Å². The van der Waals surface area contributed by atoms with Crippen molar-refractivity contribution in [1.82, 2.24) is 4.90 Å². The molecule has 1 amide bonds. The predicted molar refractivity (Wildman–Crippen MR) is 56.1 cm³/mol. The summed E-state index contributed by atoms with van der Waals surface area (Å²) < 4.78 is 0. The third-order valence-corrected chi connectivity index (χ3v) is 2.79. The summed E-state index contributed by atoms with van der Waals surface area (Å²) in [6, 6.07) is 0. The third-order valence-electron chi connectivity index (χ3n) is 1.53. The van der Waals surface area contributed by atoms with Crippen LogP contribution in [0.3, 0.4) is 0 Å². The van der Waals surface area contributed by atoms with Gasteiger partial charge in [0, 0.05) is 24.7 Å². The molecule has 0 heterocycles. The van der Waals surface area contributed by atoms with Crippen molar-refractivity contribution in [3.63, 3.8) is 0 Å². The van der Waals surface area contributed by atoms with Crippen LogP contribution in [-0.2, 0) is 0 Å². The number of carbonyl (C=O) groups excluding carboxylic acids is 1. The van der Waals surface area contributed by atoms with E-state index in [2.05, 4.69) is 0 Å². The summed E-state index contributed by atoms with van der Waals surface area (Å²) in [6.45, 7) is 5.57. The molecular formula is C8H16ClNOS. The molecule has 12 heavy (non-hydrogen) atoms. The van der Waals surface area contributed by atoms with Crippen LogP contribution >= 0.6 is 23.4 Å². The molecule has 0 saturated carbocycles. The van der Waals surface area contributed by atoms with Crippen LogP contribution in [0.15, 0.2) is 0 Å². The average Bonchev–Trinajstić information content (AvgIpc) is 2.07. The molecule has 72 valence electrons. The Bertz CT molecular complexity index is 128. The topological polar surface area (TPSA) is 20.3 Å². The van der Waals surface area contributed by atoms with Gasteiger partial charge in [-0.25, -0.2) is 0 Å². The number of hydrogen-bond acceptors (Lipinski definition) is 2. The average molecular weight is 210 g/mol. The Morgan fingerprint density at radius 3 is 2.42 bits per heavy atom. The highest BCUT2D eigenvalue weighted by atomic mass is 35.5. The lowest BCUT2D eigenvalue weighted by atomic mass is 10.6. The number of nitrogens with zero attached hydrogens (tertiary/aromatic N) is 1. The first-order valence-corrected chi connectivity index (χ1v) is 5.75. The third kappa shape index (κ3) is 4.88. The minimum absolute atomic E-state index is 0.171. The summed E-state index contributed by atoms with van der Waals surface area (Å²) in [6.07, 6.45) is 0.902. The smallest absolute Gasteiger partial charge is 0.281 e. The second-order valence-corrected chi connectivity index (χ2v) is 3.75. The summed E-state index contributed by atoms with van der Waals surface area (Å²) in [5, 5.41) is 0.171. The SMILES string of the molecule is CCN(CC)C(=O)SCCCCl. The maximum atomic E-state index is 11.3. The highest BCUT2D eigenvalue weighted by Gasteiger charge is 2.08. The number of amides is 1. The molecule has 0 aliphatic carbocycles. The van der Waals surface area contributed by atoms with Gasteiger partial charge in [0.05, 0.1) is 0 Å². The first-order chi connectivity index (χ1) is 5.76. The standard InChI is InChI=1S/C8H16ClNOS/c1-3-10(4-2)8(11)12-7-5-6-9/h3-7H2,1-2H3. The van der Waals surface area contributed by atoms with E-state index >= 15 is 0 Å². The molecule has 0 aliphatic rings. The highest BCUT2D eigenvalue weighted by Crippen LogP contribution is 2.09. The Hall–Kier alpha value is 0.110. The Morgan fingerprint density at radius 2 is 2.00 bits per heavy atom. The van der Waals surface area contributed by atoms with E-state index in [9.17, 15) is 4.79 Å². The van der Waals surface area contributed by atoms with E-state index in [1.807, 2.05) is 18.7 Å². The molecule has 0 rings (SSSR count). The van der Waals surface area contributed by atoms with E-state index in [4.69, 9.17) is 11.6 Å². The molecule has 0 atom stereocenters. The van der Waals surface area contributed by atoms with Crippen molar-refractivity contribution < 1.29 is 4.79 Å². The van der Waals surface area contributed by atoms with Gasteiger partial charge in [-0.2, -0.15) is 0 Å². The lowest BCUT2D eigenvalue weighted by Crippen LogP contribution is -2.27. The number of carbonyl (C=O) groups is 1. The van der Waals surface area contributed by atoms with Crippen molar-refractivity contribution in [2.75, 3.05) is 24.7 Å². The molecule has 0 aromatic carbocycles. The fraction of sp³-hybridized carbons (Fsp3) is 0.875. The highest BCUT2D eigenvalue weighted by molar-refractivity contribution is 8.13. The fourth-order valence-electron chi connectivity index (χ4n) is 0.787. The van der Waals surface area contributed by atoms with Crippen molar-refractivity contribution in [1.29, 1.82) is 0 Å². The van der Waals surface area contributed by atoms with Crippen LogP contribution in [0.1, 0.15) is 20.3 Å². The zero-order valence-electron chi connectivity index (χ0n) is 7.68. The summed E-state index contributed by atoms with van der Waals surface area (Å²) in [7, 11) is 0. The molecule has 0 aromatic rings. The minimum atomic E-state index is 0.171. The van der Waals surface area contributed by atoms with Gasteiger partial charge in [-0.05, 0) is 20.3 Å². The van der Waals surface area contributed by atoms with E-state index in [1.165, 1.54) is 11.8 Å². The second kappa shape index (κ2) is 7.74. The van der Waals surface area contributed by atoms with Crippen molar-refractivity contribution >= 4 is 28.6 Å². The zero-order chi connectivity index (χ0) is 9.40. The van der Waals surface area contributed by atoms with Crippen molar-refractivity contribution in [2.24, 2.45) is 0 Å². The lowest BCUT2D eigenvalue weighted by molar-refractivity contribution is 0.228. The minimum Gasteiger partial charge on any atom is -0.334 e. The molecule has 0 saturated heterocycles. The van der Waals surface area contributed by atoms with Crippen molar-refractivity contribution in [2.45, 2.75) is 20.3 Å². The first-order valence-electron chi connectivity index (χ1n) is 4.23. The number of hydrogen-bond donors (Lipinski definition) is 0. The van der Waals surface area contributed by atoms with Crippen molar-refractivity contribution in [3.05, 3.63) is 0 Å².